The minimum absolute atomic E-state index is 0.410. The molecule has 2 nitrogen and oxygen atoms in total. The van der Waals surface area contributed by atoms with Gasteiger partial charge in [0.2, 0.25) is 0 Å². The Morgan fingerprint density at radius 3 is 3.00 bits per heavy atom. The third kappa shape index (κ3) is 2.95. The van der Waals surface area contributed by atoms with Crippen molar-refractivity contribution in [1.82, 2.24) is 5.32 Å². The summed E-state index contributed by atoms with van der Waals surface area (Å²) in [5.41, 5.74) is 0. The average molecular weight is 169 g/mol. The maximum absolute atomic E-state index is 5.46. The lowest BCUT2D eigenvalue weighted by Gasteiger charge is -2.29. The molecule has 0 radical (unpaired) electrons. The quantitative estimate of drug-likeness (QED) is 0.649. The van der Waals surface area contributed by atoms with Crippen LogP contribution in [0.5, 0.6) is 0 Å². The van der Waals surface area contributed by atoms with E-state index in [4.69, 9.17) is 4.74 Å². The third-order valence-electron chi connectivity index (χ3n) is 2.34. The van der Waals surface area contributed by atoms with Crippen molar-refractivity contribution in [2.45, 2.75) is 44.9 Å². The maximum atomic E-state index is 5.46. The van der Waals surface area contributed by atoms with E-state index in [9.17, 15) is 0 Å². The molecule has 3 unspecified atom stereocenters. The van der Waals surface area contributed by atoms with E-state index < -0.39 is 0 Å². The Bertz CT molecular complexity index is 147. The average Bonchev–Trinajstić information content (AvgIpc) is 2.04. The van der Waals surface area contributed by atoms with Crippen LogP contribution < -0.4 is 5.32 Å². The molecule has 2 heteroatoms. The minimum atomic E-state index is 0.410. The van der Waals surface area contributed by atoms with E-state index in [-0.39, 0.29) is 0 Å². The van der Waals surface area contributed by atoms with E-state index in [1.54, 1.807) is 0 Å². The van der Waals surface area contributed by atoms with Gasteiger partial charge in [0.1, 0.15) is 0 Å². The number of ether oxygens (including phenoxy) is 1. The highest BCUT2D eigenvalue weighted by Gasteiger charge is 2.19. The molecule has 12 heavy (non-hydrogen) atoms. The molecule has 0 aromatic heterocycles. The van der Waals surface area contributed by atoms with Gasteiger partial charge in [0.05, 0.1) is 6.10 Å². The van der Waals surface area contributed by atoms with Crippen LogP contribution in [0.3, 0.4) is 0 Å². The zero-order valence-electron chi connectivity index (χ0n) is 8.05. The molecule has 1 heterocycles. The summed E-state index contributed by atoms with van der Waals surface area (Å²) in [6, 6.07) is 1.03. The van der Waals surface area contributed by atoms with Gasteiger partial charge >= 0.3 is 0 Å². The highest BCUT2D eigenvalue weighted by Crippen LogP contribution is 2.13. The molecule has 1 aliphatic heterocycles. The third-order valence-corrected chi connectivity index (χ3v) is 2.34. The van der Waals surface area contributed by atoms with Crippen molar-refractivity contribution in [3.8, 4) is 0 Å². The van der Waals surface area contributed by atoms with Crippen LogP contribution in [0.4, 0.5) is 0 Å². The SMILES string of the molecule is C=CC(C)NC1CCOC(C)C1. The fraction of sp³-hybridized carbons (Fsp3) is 0.800. The summed E-state index contributed by atoms with van der Waals surface area (Å²) < 4.78 is 5.46. The Morgan fingerprint density at radius 2 is 2.42 bits per heavy atom. The van der Waals surface area contributed by atoms with E-state index >= 15 is 0 Å². The molecule has 0 aromatic rings. The molecular formula is C10H19NO. The largest absolute Gasteiger partial charge is 0.378 e. The summed E-state index contributed by atoms with van der Waals surface area (Å²) in [7, 11) is 0. The lowest BCUT2D eigenvalue weighted by molar-refractivity contribution is 0.0125. The molecule has 3 atom stereocenters. The first-order chi connectivity index (χ1) is 5.72. The lowest BCUT2D eigenvalue weighted by atomic mass is 10.0. The van der Waals surface area contributed by atoms with Crippen LogP contribution in [0, 0.1) is 0 Å². The van der Waals surface area contributed by atoms with Crippen molar-refractivity contribution >= 4 is 0 Å². The van der Waals surface area contributed by atoms with Gasteiger partial charge in [-0.25, -0.2) is 0 Å². The predicted octanol–water partition coefficient (Wildman–Crippen LogP) is 1.72. The van der Waals surface area contributed by atoms with Gasteiger partial charge in [-0.1, -0.05) is 6.08 Å². The molecule has 0 saturated carbocycles. The van der Waals surface area contributed by atoms with Gasteiger partial charge in [0.25, 0.3) is 0 Å². The van der Waals surface area contributed by atoms with Gasteiger partial charge in [-0.15, -0.1) is 6.58 Å². The van der Waals surface area contributed by atoms with Crippen LogP contribution >= 0.6 is 0 Å². The zero-order valence-corrected chi connectivity index (χ0v) is 8.05. The van der Waals surface area contributed by atoms with Gasteiger partial charge in [0, 0.05) is 18.7 Å². The normalized spacial score (nSPS) is 32.8. The monoisotopic (exact) mass is 169 g/mol. The standard InChI is InChI=1S/C10H19NO/c1-4-8(2)11-10-5-6-12-9(3)7-10/h4,8-11H,1,5-7H2,2-3H3. The molecule has 0 bridgehead atoms. The number of hydrogen-bond donors (Lipinski definition) is 1. The van der Waals surface area contributed by atoms with Gasteiger partial charge in [0.15, 0.2) is 0 Å². The molecular weight excluding hydrogens is 150 g/mol. The highest BCUT2D eigenvalue weighted by atomic mass is 16.5. The number of hydrogen-bond acceptors (Lipinski definition) is 2. The Balaban J connectivity index is 2.26. The first kappa shape index (κ1) is 9.75. The summed E-state index contributed by atoms with van der Waals surface area (Å²) in [6.07, 6.45) is 4.61. The van der Waals surface area contributed by atoms with Crippen molar-refractivity contribution in [1.29, 1.82) is 0 Å². The Hall–Kier alpha value is -0.340. The highest BCUT2D eigenvalue weighted by molar-refractivity contribution is 4.86. The van der Waals surface area contributed by atoms with Crippen LogP contribution in [0.25, 0.3) is 0 Å². The molecule has 0 aliphatic carbocycles. The van der Waals surface area contributed by atoms with Gasteiger partial charge in [-0.2, -0.15) is 0 Å². The van der Waals surface area contributed by atoms with Crippen molar-refractivity contribution < 1.29 is 4.74 Å². The van der Waals surface area contributed by atoms with Crippen LogP contribution in [0.2, 0.25) is 0 Å². The Kier molecular flexibility index (Phi) is 3.76. The molecule has 0 aromatic carbocycles. The molecule has 1 fully saturated rings. The predicted molar refractivity (Wildman–Crippen MR) is 51.2 cm³/mol. The number of nitrogens with one attached hydrogen (secondary N) is 1. The second-order valence-corrected chi connectivity index (χ2v) is 3.59. The molecule has 1 saturated heterocycles. The van der Waals surface area contributed by atoms with E-state index in [0.29, 0.717) is 18.2 Å². The first-order valence-corrected chi connectivity index (χ1v) is 4.72. The second kappa shape index (κ2) is 4.63. The summed E-state index contributed by atoms with van der Waals surface area (Å²) >= 11 is 0. The van der Waals surface area contributed by atoms with E-state index in [2.05, 4.69) is 25.7 Å². The molecule has 0 amide bonds. The van der Waals surface area contributed by atoms with Crippen LogP contribution in [-0.4, -0.2) is 24.8 Å². The van der Waals surface area contributed by atoms with Gasteiger partial charge in [-0.05, 0) is 26.7 Å². The second-order valence-electron chi connectivity index (χ2n) is 3.59. The Labute approximate surface area is 75.0 Å². The fourth-order valence-corrected chi connectivity index (χ4v) is 1.59. The van der Waals surface area contributed by atoms with Crippen molar-refractivity contribution in [3.05, 3.63) is 12.7 Å². The van der Waals surface area contributed by atoms with E-state index in [1.165, 1.54) is 0 Å². The number of rotatable bonds is 3. The molecule has 1 aliphatic rings. The summed E-state index contributed by atoms with van der Waals surface area (Å²) in [6.45, 7) is 8.91. The van der Waals surface area contributed by atoms with Gasteiger partial charge in [-0.3, -0.25) is 0 Å². The molecule has 1 N–H and O–H groups in total. The van der Waals surface area contributed by atoms with Crippen LogP contribution in [0.1, 0.15) is 26.7 Å². The zero-order chi connectivity index (χ0) is 8.97. The van der Waals surface area contributed by atoms with E-state index in [1.807, 2.05) is 6.08 Å². The smallest absolute Gasteiger partial charge is 0.0561 e. The summed E-state index contributed by atoms with van der Waals surface area (Å²) in [5.74, 6) is 0. The maximum Gasteiger partial charge on any atom is 0.0561 e. The van der Waals surface area contributed by atoms with Crippen LogP contribution in [0.15, 0.2) is 12.7 Å². The van der Waals surface area contributed by atoms with Crippen molar-refractivity contribution in [2.24, 2.45) is 0 Å². The van der Waals surface area contributed by atoms with Crippen molar-refractivity contribution in [3.63, 3.8) is 0 Å². The molecule has 70 valence electrons. The summed E-state index contributed by atoms with van der Waals surface area (Å²) in [4.78, 5) is 0. The van der Waals surface area contributed by atoms with Crippen molar-refractivity contribution in [2.75, 3.05) is 6.61 Å². The van der Waals surface area contributed by atoms with Gasteiger partial charge < -0.3 is 10.1 Å². The minimum Gasteiger partial charge on any atom is -0.378 e. The van der Waals surface area contributed by atoms with E-state index in [0.717, 1.165) is 19.4 Å². The summed E-state index contributed by atoms with van der Waals surface area (Å²) in [5, 5.41) is 3.50. The molecule has 1 rings (SSSR count). The fourth-order valence-electron chi connectivity index (χ4n) is 1.59. The Morgan fingerprint density at radius 1 is 1.67 bits per heavy atom. The lowest BCUT2D eigenvalue weighted by Crippen LogP contribution is -2.41. The topological polar surface area (TPSA) is 21.3 Å². The molecule has 0 spiro atoms. The van der Waals surface area contributed by atoms with Crippen LogP contribution in [-0.2, 0) is 4.74 Å². The first-order valence-electron chi connectivity index (χ1n) is 4.72.